The van der Waals surface area contributed by atoms with Gasteiger partial charge in [-0.2, -0.15) is 0 Å². The number of rotatable bonds is 4. The number of methoxy groups -OCH3 is 1. The summed E-state index contributed by atoms with van der Waals surface area (Å²) in [7, 11) is 3.67. The van der Waals surface area contributed by atoms with Crippen LogP contribution in [0.2, 0.25) is 0 Å². The number of anilines is 1. The molecule has 16 heavy (non-hydrogen) atoms. The molecule has 1 heterocycles. The molecule has 4 heteroatoms. The maximum absolute atomic E-state index is 9.24. The van der Waals surface area contributed by atoms with Gasteiger partial charge in [0.05, 0.1) is 13.2 Å². The van der Waals surface area contributed by atoms with Crippen LogP contribution >= 0.6 is 0 Å². The molecular weight excluding hydrogens is 204 g/mol. The average Bonchev–Trinajstić information content (AvgIpc) is 2.27. The Kier molecular flexibility index (Phi) is 3.29. The summed E-state index contributed by atoms with van der Waals surface area (Å²) in [5, 5.41) is 9.24. The second kappa shape index (κ2) is 4.70. The Hall–Kier alpha value is -1.29. The zero-order chi connectivity index (χ0) is 11.5. The quantitative estimate of drug-likeness (QED) is 0.834. The molecule has 1 aromatic heterocycles. The van der Waals surface area contributed by atoms with Gasteiger partial charge in [-0.1, -0.05) is 0 Å². The highest BCUT2D eigenvalue weighted by molar-refractivity contribution is 5.47. The van der Waals surface area contributed by atoms with Crippen LogP contribution in [-0.4, -0.2) is 36.9 Å². The third-order valence-corrected chi connectivity index (χ3v) is 3.11. The van der Waals surface area contributed by atoms with E-state index in [9.17, 15) is 5.11 Å². The van der Waals surface area contributed by atoms with Crippen molar-refractivity contribution in [3.8, 4) is 5.88 Å². The lowest BCUT2D eigenvalue weighted by atomic mass is 9.82. The monoisotopic (exact) mass is 222 g/mol. The number of aliphatic hydroxyl groups is 1. The zero-order valence-electron chi connectivity index (χ0n) is 9.76. The minimum atomic E-state index is -0.0784. The molecular formula is C12H18N2O2. The van der Waals surface area contributed by atoms with Crippen molar-refractivity contribution in [2.45, 2.75) is 18.9 Å². The van der Waals surface area contributed by atoms with Crippen LogP contribution in [0.1, 0.15) is 12.8 Å². The van der Waals surface area contributed by atoms with Gasteiger partial charge in [0.2, 0.25) is 5.88 Å². The van der Waals surface area contributed by atoms with Crippen molar-refractivity contribution >= 4 is 5.69 Å². The molecule has 0 aromatic carbocycles. The lowest BCUT2D eigenvalue weighted by molar-refractivity contribution is 0.0465. The minimum Gasteiger partial charge on any atom is -0.481 e. The van der Waals surface area contributed by atoms with E-state index in [0.717, 1.165) is 25.1 Å². The second-order valence-electron chi connectivity index (χ2n) is 4.43. The number of nitrogens with zero attached hydrogens (tertiary/aromatic N) is 2. The van der Waals surface area contributed by atoms with Gasteiger partial charge in [-0.15, -0.1) is 0 Å². The smallest absolute Gasteiger partial charge is 0.214 e. The van der Waals surface area contributed by atoms with Crippen molar-refractivity contribution in [3.63, 3.8) is 0 Å². The fraction of sp³-hybridized carbons (Fsp3) is 0.583. The Morgan fingerprint density at radius 2 is 2.31 bits per heavy atom. The summed E-state index contributed by atoms with van der Waals surface area (Å²) in [4.78, 5) is 6.26. The number of hydrogen-bond acceptors (Lipinski definition) is 4. The maximum Gasteiger partial charge on any atom is 0.214 e. The highest BCUT2D eigenvalue weighted by Crippen LogP contribution is 2.29. The van der Waals surface area contributed by atoms with Crippen LogP contribution in [0.3, 0.4) is 0 Å². The first-order valence-corrected chi connectivity index (χ1v) is 5.58. The molecule has 1 fully saturated rings. The summed E-state index contributed by atoms with van der Waals surface area (Å²) in [6.45, 7) is 0.976. The topological polar surface area (TPSA) is 45.6 Å². The highest BCUT2D eigenvalue weighted by Gasteiger charge is 2.28. The molecule has 0 unspecified atom stereocenters. The first-order chi connectivity index (χ1) is 7.69. The summed E-state index contributed by atoms with van der Waals surface area (Å²) in [5.41, 5.74) is 1.10. The van der Waals surface area contributed by atoms with Crippen LogP contribution < -0.4 is 9.64 Å². The molecule has 0 radical (unpaired) electrons. The van der Waals surface area contributed by atoms with Gasteiger partial charge >= 0.3 is 0 Å². The SMILES string of the molecule is COc1cc(N(C)CC2CC(O)C2)ccn1. The molecule has 1 aromatic rings. The van der Waals surface area contributed by atoms with Crippen LogP contribution in [0.4, 0.5) is 5.69 Å². The Morgan fingerprint density at radius 1 is 1.56 bits per heavy atom. The van der Waals surface area contributed by atoms with Crippen molar-refractivity contribution in [2.24, 2.45) is 5.92 Å². The number of pyridine rings is 1. The van der Waals surface area contributed by atoms with E-state index in [4.69, 9.17) is 4.74 Å². The number of ether oxygens (including phenoxy) is 1. The molecule has 1 aliphatic rings. The fourth-order valence-corrected chi connectivity index (χ4v) is 2.09. The third-order valence-electron chi connectivity index (χ3n) is 3.11. The first kappa shape index (κ1) is 11.2. The molecule has 1 aliphatic carbocycles. The Morgan fingerprint density at radius 3 is 2.94 bits per heavy atom. The fourth-order valence-electron chi connectivity index (χ4n) is 2.09. The van der Waals surface area contributed by atoms with Gasteiger partial charge in [-0.3, -0.25) is 0 Å². The van der Waals surface area contributed by atoms with Gasteiger partial charge in [0.25, 0.3) is 0 Å². The van der Waals surface area contributed by atoms with Gasteiger partial charge in [-0.25, -0.2) is 4.98 Å². The molecule has 88 valence electrons. The van der Waals surface area contributed by atoms with E-state index >= 15 is 0 Å². The molecule has 0 spiro atoms. The molecule has 2 rings (SSSR count). The van der Waals surface area contributed by atoms with Crippen molar-refractivity contribution in [1.82, 2.24) is 4.98 Å². The molecule has 1 saturated carbocycles. The van der Waals surface area contributed by atoms with Crippen molar-refractivity contribution in [3.05, 3.63) is 18.3 Å². The zero-order valence-corrected chi connectivity index (χ0v) is 9.76. The summed E-state index contributed by atoms with van der Waals surface area (Å²) >= 11 is 0. The minimum absolute atomic E-state index is 0.0784. The first-order valence-electron chi connectivity index (χ1n) is 5.58. The molecule has 4 nitrogen and oxygen atoms in total. The van der Waals surface area contributed by atoms with E-state index in [1.165, 1.54) is 0 Å². The van der Waals surface area contributed by atoms with Crippen LogP contribution in [0.15, 0.2) is 18.3 Å². The van der Waals surface area contributed by atoms with Crippen LogP contribution in [0.5, 0.6) is 5.88 Å². The van der Waals surface area contributed by atoms with Crippen molar-refractivity contribution < 1.29 is 9.84 Å². The van der Waals surface area contributed by atoms with E-state index in [1.807, 2.05) is 12.1 Å². The van der Waals surface area contributed by atoms with E-state index in [1.54, 1.807) is 13.3 Å². The van der Waals surface area contributed by atoms with Gasteiger partial charge in [0.15, 0.2) is 0 Å². The van der Waals surface area contributed by atoms with Crippen molar-refractivity contribution in [1.29, 1.82) is 0 Å². The number of hydrogen-bond donors (Lipinski definition) is 1. The highest BCUT2D eigenvalue weighted by atomic mass is 16.5. The van der Waals surface area contributed by atoms with Crippen LogP contribution in [0.25, 0.3) is 0 Å². The van der Waals surface area contributed by atoms with Crippen molar-refractivity contribution in [2.75, 3.05) is 25.6 Å². The van der Waals surface area contributed by atoms with E-state index in [0.29, 0.717) is 11.8 Å². The normalized spacial score (nSPS) is 23.7. The number of aliphatic hydroxyl groups excluding tert-OH is 1. The molecule has 0 aliphatic heterocycles. The standard InChI is InChI=1S/C12H18N2O2/c1-14(8-9-5-11(15)6-9)10-3-4-13-12(7-10)16-2/h3-4,7,9,11,15H,5-6,8H2,1-2H3. The lowest BCUT2D eigenvalue weighted by Crippen LogP contribution is -2.37. The van der Waals surface area contributed by atoms with E-state index in [-0.39, 0.29) is 6.10 Å². The summed E-state index contributed by atoms with van der Waals surface area (Å²) in [6, 6.07) is 3.90. The average molecular weight is 222 g/mol. The predicted octanol–water partition coefficient (Wildman–Crippen LogP) is 1.30. The van der Waals surface area contributed by atoms with Crippen LogP contribution in [0, 0.1) is 5.92 Å². The number of aromatic nitrogens is 1. The largest absolute Gasteiger partial charge is 0.481 e. The van der Waals surface area contributed by atoms with Crippen LogP contribution in [-0.2, 0) is 0 Å². The molecule has 0 saturated heterocycles. The van der Waals surface area contributed by atoms with Gasteiger partial charge in [0.1, 0.15) is 0 Å². The van der Waals surface area contributed by atoms with Gasteiger partial charge in [0, 0.05) is 31.5 Å². The lowest BCUT2D eigenvalue weighted by Gasteiger charge is -2.35. The molecule has 0 bridgehead atoms. The molecule has 0 amide bonds. The van der Waals surface area contributed by atoms with E-state index in [2.05, 4.69) is 16.9 Å². The Balaban J connectivity index is 1.94. The summed E-state index contributed by atoms with van der Waals surface area (Å²) in [5.74, 6) is 1.25. The second-order valence-corrected chi connectivity index (χ2v) is 4.43. The Labute approximate surface area is 95.9 Å². The predicted molar refractivity (Wildman–Crippen MR) is 62.8 cm³/mol. The molecule has 1 N–H and O–H groups in total. The molecule has 0 atom stereocenters. The van der Waals surface area contributed by atoms with Gasteiger partial charge in [-0.05, 0) is 24.8 Å². The summed E-state index contributed by atoms with van der Waals surface area (Å²) < 4.78 is 5.09. The van der Waals surface area contributed by atoms with Gasteiger partial charge < -0.3 is 14.7 Å². The maximum atomic E-state index is 9.24. The third kappa shape index (κ3) is 2.44. The summed E-state index contributed by atoms with van der Waals surface area (Å²) in [6.07, 6.45) is 3.52. The van der Waals surface area contributed by atoms with E-state index < -0.39 is 0 Å². The Bertz CT molecular complexity index is 351.